The molecule has 3 aromatic carbocycles. The van der Waals surface area contributed by atoms with Crippen molar-refractivity contribution < 1.29 is 23.1 Å². The van der Waals surface area contributed by atoms with E-state index >= 15 is 0 Å². The van der Waals surface area contributed by atoms with Gasteiger partial charge in [-0.15, -0.1) is 0 Å². The molecule has 1 fully saturated rings. The van der Waals surface area contributed by atoms with E-state index < -0.39 is 11.6 Å². The van der Waals surface area contributed by atoms with Crippen molar-refractivity contribution in [2.45, 2.75) is 25.9 Å². The van der Waals surface area contributed by atoms with Gasteiger partial charge < -0.3 is 9.64 Å². The van der Waals surface area contributed by atoms with Crippen LogP contribution >= 0.6 is 0 Å². The van der Waals surface area contributed by atoms with E-state index in [1.54, 1.807) is 41.3 Å². The van der Waals surface area contributed by atoms with Crippen LogP contribution in [0.2, 0.25) is 0 Å². The van der Waals surface area contributed by atoms with Gasteiger partial charge in [-0.25, -0.2) is 8.78 Å². The molecule has 0 unspecified atom stereocenters. The van der Waals surface area contributed by atoms with Gasteiger partial charge in [0.1, 0.15) is 11.9 Å². The van der Waals surface area contributed by atoms with Gasteiger partial charge in [0, 0.05) is 43.1 Å². The third-order valence-corrected chi connectivity index (χ3v) is 5.63. The van der Waals surface area contributed by atoms with E-state index in [1.165, 1.54) is 6.07 Å². The number of halogens is 2. The second kappa shape index (κ2) is 9.30. The predicted molar refractivity (Wildman–Crippen MR) is 117 cm³/mol. The number of carbonyl (C=O) groups excluding carboxylic acids is 2. The minimum atomic E-state index is -0.743. The lowest BCUT2D eigenvalue weighted by molar-refractivity contribution is 0.0585. The van der Waals surface area contributed by atoms with E-state index in [4.69, 9.17) is 4.74 Å². The Balaban J connectivity index is 1.44. The summed E-state index contributed by atoms with van der Waals surface area (Å²) in [7, 11) is 0. The molecule has 1 saturated heterocycles. The molecule has 1 heterocycles. The summed E-state index contributed by atoms with van der Waals surface area (Å²) in [4.78, 5) is 27.9. The van der Waals surface area contributed by atoms with Gasteiger partial charge in [0.15, 0.2) is 17.3 Å². The lowest BCUT2D eigenvalue weighted by Crippen LogP contribution is -2.42. The van der Waals surface area contributed by atoms with Gasteiger partial charge in [-0.3, -0.25) is 9.59 Å². The van der Waals surface area contributed by atoms with E-state index in [1.807, 2.05) is 19.1 Å². The predicted octanol–water partition coefficient (Wildman–Crippen LogP) is 5.19. The van der Waals surface area contributed by atoms with Crippen LogP contribution < -0.4 is 4.74 Å². The van der Waals surface area contributed by atoms with E-state index in [9.17, 15) is 18.4 Å². The van der Waals surface area contributed by atoms with E-state index in [2.05, 4.69) is 0 Å². The van der Waals surface area contributed by atoms with Crippen molar-refractivity contribution in [2.24, 2.45) is 0 Å². The number of hydrogen-bond donors (Lipinski definition) is 0. The summed E-state index contributed by atoms with van der Waals surface area (Å²) in [5.74, 6) is -1.81. The molecule has 164 valence electrons. The number of ketones is 1. The second-order valence-electron chi connectivity index (χ2n) is 7.92. The fourth-order valence-corrected chi connectivity index (χ4v) is 3.83. The standard InChI is InChI=1S/C26H23F2NO3/c1-17-6-8-18(9-7-17)25(30)21-4-2-3-5-22(21)26(31)29-14-12-20(13-15-29)32-24-11-10-19(27)16-23(24)28/h2-11,16,20H,12-15H2,1H3. The SMILES string of the molecule is Cc1ccc(C(=O)c2ccccc2C(=O)N2CCC(Oc3ccc(F)cc3F)CC2)cc1. The number of piperidine rings is 1. The first-order valence-corrected chi connectivity index (χ1v) is 10.5. The Morgan fingerprint density at radius 3 is 2.22 bits per heavy atom. The zero-order valence-corrected chi connectivity index (χ0v) is 17.7. The Kier molecular flexibility index (Phi) is 6.30. The number of benzene rings is 3. The van der Waals surface area contributed by atoms with Crippen LogP contribution in [0.4, 0.5) is 8.78 Å². The lowest BCUT2D eigenvalue weighted by atomic mass is 9.96. The van der Waals surface area contributed by atoms with Crippen LogP contribution in [-0.2, 0) is 0 Å². The average molecular weight is 435 g/mol. The van der Waals surface area contributed by atoms with Gasteiger partial charge in [-0.2, -0.15) is 0 Å². The van der Waals surface area contributed by atoms with Crippen LogP contribution in [-0.4, -0.2) is 35.8 Å². The highest BCUT2D eigenvalue weighted by Gasteiger charge is 2.28. The molecule has 0 saturated carbocycles. The maximum atomic E-state index is 13.9. The zero-order chi connectivity index (χ0) is 22.7. The molecule has 1 aliphatic heterocycles. The molecule has 3 aromatic rings. The number of ether oxygens (including phenoxy) is 1. The van der Waals surface area contributed by atoms with Crippen molar-refractivity contribution in [3.8, 4) is 5.75 Å². The number of amides is 1. The molecule has 0 spiro atoms. The van der Waals surface area contributed by atoms with Crippen molar-refractivity contribution in [1.82, 2.24) is 4.90 Å². The molecule has 6 heteroatoms. The van der Waals surface area contributed by atoms with Crippen LogP contribution in [0.25, 0.3) is 0 Å². The van der Waals surface area contributed by atoms with Gasteiger partial charge in [-0.1, -0.05) is 48.0 Å². The largest absolute Gasteiger partial charge is 0.487 e. The van der Waals surface area contributed by atoms with Crippen LogP contribution in [0.3, 0.4) is 0 Å². The quantitative estimate of drug-likeness (QED) is 0.519. The number of hydrogen-bond acceptors (Lipinski definition) is 3. The smallest absolute Gasteiger partial charge is 0.254 e. The number of rotatable bonds is 5. The number of aryl methyl sites for hydroxylation is 1. The molecule has 1 aliphatic rings. The maximum absolute atomic E-state index is 13.9. The van der Waals surface area contributed by atoms with Crippen molar-refractivity contribution >= 4 is 11.7 Å². The first-order valence-electron chi connectivity index (χ1n) is 10.5. The maximum Gasteiger partial charge on any atom is 0.254 e. The lowest BCUT2D eigenvalue weighted by Gasteiger charge is -2.32. The highest BCUT2D eigenvalue weighted by Crippen LogP contribution is 2.24. The molecule has 1 amide bonds. The number of carbonyl (C=O) groups is 2. The van der Waals surface area contributed by atoms with E-state index in [-0.39, 0.29) is 23.5 Å². The monoisotopic (exact) mass is 435 g/mol. The Morgan fingerprint density at radius 2 is 1.56 bits per heavy atom. The Hall–Kier alpha value is -3.54. The minimum absolute atomic E-state index is 0.00483. The van der Waals surface area contributed by atoms with Crippen LogP contribution in [0.5, 0.6) is 5.75 Å². The van der Waals surface area contributed by atoms with Gasteiger partial charge in [0.25, 0.3) is 5.91 Å². The molecular weight excluding hydrogens is 412 g/mol. The first-order chi connectivity index (χ1) is 15.4. The van der Waals surface area contributed by atoms with Gasteiger partial charge in [0.05, 0.1) is 5.56 Å². The van der Waals surface area contributed by atoms with Crippen LogP contribution in [0.15, 0.2) is 66.7 Å². The summed E-state index contributed by atoms with van der Waals surface area (Å²) in [5, 5.41) is 0. The van der Waals surface area contributed by atoms with Gasteiger partial charge in [-0.05, 0) is 25.1 Å². The molecule has 4 nitrogen and oxygen atoms in total. The van der Waals surface area contributed by atoms with Crippen molar-refractivity contribution in [3.63, 3.8) is 0 Å². The molecular formula is C26H23F2NO3. The summed E-state index contributed by atoms with van der Waals surface area (Å²) in [6, 6.07) is 17.3. The molecule has 0 aliphatic carbocycles. The molecule has 0 radical (unpaired) electrons. The van der Waals surface area contributed by atoms with Gasteiger partial charge in [0.2, 0.25) is 0 Å². The summed E-state index contributed by atoms with van der Waals surface area (Å²) < 4.78 is 32.6. The molecule has 0 atom stereocenters. The fourth-order valence-electron chi connectivity index (χ4n) is 3.83. The fraction of sp³-hybridized carbons (Fsp3) is 0.231. The molecule has 0 bridgehead atoms. The summed E-state index contributed by atoms with van der Waals surface area (Å²) in [6.45, 7) is 2.78. The normalized spacial score (nSPS) is 14.3. The highest BCUT2D eigenvalue weighted by atomic mass is 19.1. The third-order valence-electron chi connectivity index (χ3n) is 5.63. The Bertz CT molecular complexity index is 1140. The highest BCUT2D eigenvalue weighted by molar-refractivity contribution is 6.15. The summed E-state index contributed by atoms with van der Waals surface area (Å²) >= 11 is 0. The van der Waals surface area contributed by atoms with E-state index in [0.29, 0.717) is 42.6 Å². The van der Waals surface area contributed by atoms with Crippen LogP contribution in [0.1, 0.15) is 44.7 Å². The average Bonchev–Trinajstić information content (AvgIpc) is 2.81. The number of nitrogens with zero attached hydrogens (tertiary/aromatic N) is 1. The molecule has 0 aromatic heterocycles. The van der Waals surface area contributed by atoms with Crippen LogP contribution in [0, 0.1) is 18.6 Å². The molecule has 0 N–H and O–H groups in total. The van der Waals surface area contributed by atoms with Crippen molar-refractivity contribution in [2.75, 3.05) is 13.1 Å². The zero-order valence-electron chi connectivity index (χ0n) is 17.7. The Morgan fingerprint density at radius 1 is 0.906 bits per heavy atom. The Labute approximate surface area is 185 Å². The second-order valence-corrected chi connectivity index (χ2v) is 7.92. The number of likely N-dealkylation sites (tertiary alicyclic amines) is 1. The molecule has 4 rings (SSSR count). The van der Waals surface area contributed by atoms with Gasteiger partial charge >= 0.3 is 0 Å². The van der Waals surface area contributed by atoms with Crippen molar-refractivity contribution in [3.05, 3.63) is 101 Å². The summed E-state index contributed by atoms with van der Waals surface area (Å²) in [5.41, 5.74) is 2.32. The minimum Gasteiger partial charge on any atom is -0.487 e. The summed E-state index contributed by atoms with van der Waals surface area (Å²) in [6.07, 6.45) is 0.747. The third kappa shape index (κ3) is 4.69. The van der Waals surface area contributed by atoms with Crippen molar-refractivity contribution in [1.29, 1.82) is 0 Å². The van der Waals surface area contributed by atoms with E-state index in [0.717, 1.165) is 17.7 Å². The molecule has 32 heavy (non-hydrogen) atoms. The topological polar surface area (TPSA) is 46.6 Å². The first kappa shape index (κ1) is 21.7.